The molecule has 1 saturated heterocycles. The zero-order valence-electron chi connectivity index (χ0n) is 17.2. The number of amides is 1. The first-order chi connectivity index (χ1) is 13.8. The third-order valence-corrected chi connectivity index (χ3v) is 5.19. The zero-order valence-corrected chi connectivity index (χ0v) is 17.2. The van der Waals surface area contributed by atoms with Crippen molar-refractivity contribution in [2.24, 2.45) is 0 Å². The molecule has 0 bridgehead atoms. The number of aromatic nitrogens is 2. The van der Waals surface area contributed by atoms with Gasteiger partial charge in [0.05, 0.1) is 25.1 Å². The van der Waals surface area contributed by atoms with Crippen LogP contribution in [0.4, 0.5) is 10.6 Å². The lowest BCUT2D eigenvalue weighted by molar-refractivity contribution is 0.0270. The third-order valence-electron chi connectivity index (χ3n) is 5.19. The Balaban J connectivity index is 1.53. The number of hydrogen-bond donors (Lipinski definition) is 1. The summed E-state index contributed by atoms with van der Waals surface area (Å²) in [7, 11) is 0. The Bertz CT molecular complexity index is 893. The highest BCUT2D eigenvalue weighted by molar-refractivity contribution is 5.83. The Labute approximate surface area is 170 Å². The molecule has 156 valence electrons. The van der Waals surface area contributed by atoms with E-state index in [1.165, 1.54) is 4.73 Å². The van der Waals surface area contributed by atoms with Crippen LogP contribution in [0.1, 0.15) is 32.8 Å². The van der Waals surface area contributed by atoms with Gasteiger partial charge in [-0.1, -0.05) is 6.08 Å². The molecule has 4 rings (SSSR count). The molecule has 0 atom stereocenters. The molecule has 0 aromatic heterocycles. The fourth-order valence-corrected chi connectivity index (χ4v) is 3.73. The maximum atomic E-state index is 12.3. The lowest BCUT2D eigenvalue weighted by Crippen LogP contribution is -2.39. The van der Waals surface area contributed by atoms with Crippen molar-refractivity contribution in [1.29, 1.82) is 0 Å². The van der Waals surface area contributed by atoms with Crippen molar-refractivity contribution >= 4 is 17.5 Å². The van der Waals surface area contributed by atoms with Crippen LogP contribution in [-0.4, -0.2) is 70.9 Å². The second kappa shape index (κ2) is 7.59. The van der Waals surface area contributed by atoms with Crippen molar-refractivity contribution < 1.29 is 19.5 Å². The number of rotatable bonds is 2. The van der Waals surface area contributed by atoms with Gasteiger partial charge >= 0.3 is 6.09 Å². The van der Waals surface area contributed by atoms with Crippen LogP contribution in [0.5, 0.6) is 0 Å². The van der Waals surface area contributed by atoms with E-state index in [1.807, 2.05) is 39.1 Å². The maximum absolute atomic E-state index is 12.3. The number of fused-ring (bicyclic) bond motifs is 1. The van der Waals surface area contributed by atoms with Crippen LogP contribution in [0.15, 0.2) is 24.5 Å². The summed E-state index contributed by atoms with van der Waals surface area (Å²) in [5.41, 5.74) is 3.38. The highest BCUT2D eigenvalue weighted by Gasteiger charge is 2.26. The molecule has 0 radical (unpaired) electrons. The standard InChI is InChI=1S/C21H28N4O4/c1-21(2,3)29-20(26)24-6-4-15(5-7-24)16-13-22-18-12-19(25(27)14-17(16)18)23-8-10-28-11-9-23/h4,12-14,27H,5-11H2,1-3H3. The van der Waals surface area contributed by atoms with Crippen molar-refractivity contribution in [2.75, 3.05) is 44.3 Å². The minimum Gasteiger partial charge on any atom is -0.444 e. The first-order valence-corrected chi connectivity index (χ1v) is 10.0. The molecule has 4 heterocycles. The SMILES string of the molecule is CC(C)(C)OC(=O)N1CC=C(c2cnc3cc(N4CCOCC4)n(O)cc2-3)CC1. The lowest BCUT2D eigenvalue weighted by Gasteiger charge is -2.30. The molecule has 1 amide bonds. The Hall–Kier alpha value is -2.74. The van der Waals surface area contributed by atoms with Gasteiger partial charge in [0.1, 0.15) is 11.4 Å². The molecule has 1 fully saturated rings. The van der Waals surface area contributed by atoms with Gasteiger partial charge in [-0.2, -0.15) is 4.73 Å². The Kier molecular flexibility index (Phi) is 5.12. The summed E-state index contributed by atoms with van der Waals surface area (Å²) >= 11 is 0. The van der Waals surface area contributed by atoms with Gasteiger partial charge in [-0.05, 0) is 32.8 Å². The third kappa shape index (κ3) is 4.17. The molecule has 1 N–H and O–H groups in total. The molecule has 8 nitrogen and oxygen atoms in total. The van der Waals surface area contributed by atoms with Gasteiger partial charge in [0.2, 0.25) is 0 Å². The van der Waals surface area contributed by atoms with Crippen molar-refractivity contribution in [3.05, 3.63) is 30.1 Å². The first-order valence-electron chi connectivity index (χ1n) is 10.0. The number of hydrogen-bond acceptors (Lipinski definition) is 6. The molecule has 0 aromatic carbocycles. The first kappa shape index (κ1) is 19.6. The van der Waals surface area contributed by atoms with Gasteiger partial charge in [0.25, 0.3) is 0 Å². The van der Waals surface area contributed by atoms with Crippen LogP contribution in [0, 0.1) is 0 Å². The minimum atomic E-state index is -0.500. The molecule has 0 spiro atoms. The van der Waals surface area contributed by atoms with Crippen LogP contribution >= 0.6 is 0 Å². The molecule has 0 unspecified atom stereocenters. The molecule has 8 heteroatoms. The normalized spacial score (nSPS) is 18.1. The van der Waals surface area contributed by atoms with Crippen molar-refractivity contribution in [3.63, 3.8) is 0 Å². The van der Waals surface area contributed by atoms with Crippen LogP contribution in [0.25, 0.3) is 16.8 Å². The van der Waals surface area contributed by atoms with Crippen LogP contribution < -0.4 is 4.90 Å². The van der Waals surface area contributed by atoms with Crippen LogP contribution in [-0.2, 0) is 9.47 Å². The smallest absolute Gasteiger partial charge is 0.410 e. The molecule has 4 aliphatic rings. The molecule has 0 saturated carbocycles. The van der Waals surface area contributed by atoms with E-state index >= 15 is 0 Å². The fourth-order valence-electron chi connectivity index (χ4n) is 3.73. The van der Waals surface area contributed by atoms with Crippen LogP contribution in [0.2, 0.25) is 0 Å². The van der Waals surface area contributed by atoms with Gasteiger partial charge in [0, 0.05) is 49.6 Å². The van der Waals surface area contributed by atoms with Gasteiger partial charge in [-0.15, -0.1) is 0 Å². The number of pyridine rings is 1. The van der Waals surface area contributed by atoms with E-state index in [0.29, 0.717) is 26.3 Å². The minimum absolute atomic E-state index is 0.290. The van der Waals surface area contributed by atoms with E-state index in [1.54, 1.807) is 11.1 Å². The number of carbonyl (C=O) groups is 1. The average molecular weight is 400 g/mol. The van der Waals surface area contributed by atoms with E-state index < -0.39 is 5.60 Å². The number of anilines is 1. The highest BCUT2D eigenvalue weighted by Crippen LogP contribution is 2.35. The summed E-state index contributed by atoms with van der Waals surface area (Å²) in [6.45, 7) is 9.49. The van der Waals surface area contributed by atoms with E-state index in [2.05, 4.69) is 9.88 Å². The zero-order chi connectivity index (χ0) is 20.6. The second-order valence-corrected chi connectivity index (χ2v) is 8.45. The largest absolute Gasteiger partial charge is 0.444 e. The Morgan fingerprint density at radius 1 is 1.21 bits per heavy atom. The molecular formula is C21H28N4O4. The van der Waals surface area contributed by atoms with E-state index in [9.17, 15) is 10.0 Å². The number of carbonyl (C=O) groups excluding carboxylic acids is 1. The maximum Gasteiger partial charge on any atom is 0.410 e. The van der Waals surface area contributed by atoms with Gasteiger partial charge < -0.3 is 24.5 Å². The van der Waals surface area contributed by atoms with Gasteiger partial charge in [-0.25, -0.2) is 4.79 Å². The summed E-state index contributed by atoms with van der Waals surface area (Å²) in [6, 6.07) is 1.92. The van der Waals surface area contributed by atoms with Gasteiger partial charge in [0.15, 0.2) is 0 Å². The topological polar surface area (TPSA) is 80.1 Å². The number of nitrogens with zero attached hydrogens (tertiary/aromatic N) is 4. The lowest BCUT2D eigenvalue weighted by atomic mass is 9.97. The fraction of sp³-hybridized carbons (Fsp3) is 0.524. The molecule has 4 aliphatic heterocycles. The summed E-state index contributed by atoms with van der Waals surface area (Å²) < 4.78 is 12.0. The second-order valence-electron chi connectivity index (χ2n) is 8.45. The van der Waals surface area contributed by atoms with Crippen LogP contribution in [0.3, 0.4) is 0 Å². The van der Waals surface area contributed by atoms with Crippen molar-refractivity contribution in [1.82, 2.24) is 14.6 Å². The Morgan fingerprint density at radius 2 is 1.97 bits per heavy atom. The Morgan fingerprint density at radius 3 is 2.62 bits per heavy atom. The monoisotopic (exact) mass is 400 g/mol. The predicted octanol–water partition coefficient (Wildman–Crippen LogP) is 3.09. The van der Waals surface area contributed by atoms with Gasteiger partial charge in [-0.3, -0.25) is 4.98 Å². The highest BCUT2D eigenvalue weighted by atomic mass is 16.6. The predicted molar refractivity (Wildman–Crippen MR) is 109 cm³/mol. The molecule has 0 aromatic rings. The summed E-state index contributed by atoms with van der Waals surface area (Å²) in [5, 5.41) is 10.5. The van der Waals surface area contributed by atoms with E-state index in [0.717, 1.165) is 47.7 Å². The van der Waals surface area contributed by atoms with Crippen molar-refractivity contribution in [2.45, 2.75) is 32.8 Å². The summed E-state index contributed by atoms with van der Waals surface area (Å²) in [4.78, 5) is 20.6. The molecule has 29 heavy (non-hydrogen) atoms. The quantitative estimate of drug-likeness (QED) is 0.781. The number of morpholine rings is 1. The van der Waals surface area contributed by atoms with E-state index in [-0.39, 0.29) is 6.09 Å². The van der Waals surface area contributed by atoms with E-state index in [4.69, 9.17) is 9.47 Å². The van der Waals surface area contributed by atoms with Crippen molar-refractivity contribution in [3.8, 4) is 11.3 Å². The summed E-state index contributed by atoms with van der Waals surface area (Å²) in [5.74, 6) is 0.721. The molecular weight excluding hydrogens is 372 g/mol. The molecule has 0 aliphatic carbocycles. The average Bonchev–Trinajstić information content (AvgIpc) is 3.09. The summed E-state index contributed by atoms with van der Waals surface area (Å²) in [6.07, 6.45) is 6.05. The number of ether oxygens (including phenoxy) is 2.